The quantitative estimate of drug-likeness (QED) is 0.767. The van der Waals surface area contributed by atoms with Gasteiger partial charge in [-0.05, 0) is 57.2 Å². The minimum atomic E-state index is -0.0751. The number of aromatic nitrogens is 2. The Morgan fingerprint density at radius 2 is 1.83 bits per heavy atom. The fourth-order valence-electron chi connectivity index (χ4n) is 2.39. The zero-order valence-corrected chi connectivity index (χ0v) is 14.0. The molecule has 1 aromatic heterocycles. The van der Waals surface area contributed by atoms with Gasteiger partial charge in [0.05, 0.1) is 5.52 Å². The topological polar surface area (TPSA) is 66.9 Å². The molecule has 0 radical (unpaired) electrons. The summed E-state index contributed by atoms with van der Waals surface area (Å²) in [6, 6.07) is 13.4. The molecule has 0 saturated heterocycles. The van der Waals surface area contributed by atoms with Crippen LogP contribution in [0.4, 0.5) is 11.6 Å². The summed E-state index contributed by atoms with van der Waals surface area (Å²) < 4.78 is 0. The first-order chi connectivity index (χ1) is 11.5. The molecule has 0 atom stereocenters. The number of hydrogen-bond donors (Lipinski definition) is 2. The van der Waals surface area contributed by atoms with Gasteiger partial charge in [0.15, 0.2) is 0 Å². The van der Waals surface area contributed by atoms with E-state index in [9.17, 15) is 4.79 Å². The van der Waals surface area contributed by atoms with Crippen LogP contribution in [0.25, 0.3) is 10.9 Å². The lowest BCUT2D eigenvalue weighted by Crippen LogP contribution is -2.29. The number of hydrogen-bond acceptors (Lipinski definition) is 4. The third-order valence-corrected chi connectivity index (χ3v) is 3.56. The lowest BCUT2D eigenvalue weighted by Gasteiger charge is -2.09. The van der Waals surface area contributed by atoms with E-state index < -0.39 is 0 Å². The molecule has 3 rings (SSSR count). The molecule has 0 spiro atoms. The number of aryl methyl sites for hydroxylation is 1. The summed E-state index contributed by atoms with van der Waals surface area (Å²) in [4.78, 5) is 20.8. The maximum atomic E-state index is 11.9. The first kappa shape index (κ1) is 15.9. The molecule has 0 bridgehead atoms. The molecule has 122 valence electrons. The van der Waals surface area contributed by atoms with Gasteiger partial charge in [0.2, 0.25) is 5.95 Å². The Hall–Kier alpha value is -2.95. The number of benzene rings is 2. The zero-order valence-electron chi connectivity index (χ0n) is 14.0. The molecule has 2 N–H and O–H groups in total. The van der Waals surface area contributed by atoms with Crippen molar-refractivity contribution in [2.45, 2.75) is 26.8 Å². The van der Waals surface area contributed by atoms with Crippen molar-refractivity contribution in [3.8, 4) is 0 Å². The van der Waals surface area contributed by atoms with Crippen LogP contribution in [0.15, 0.2) is 48.7 Å². The van der Waals surface area contributed by atoms with Gasteiger partial charge in [0.1, 0.15) is 0 Å². The van der Waals surface area contributed by atoms with E-state index in [1.165, 1.54) is 5.56 Å². The number of fused-ring (bicyclic) bond motifs is 1. The van der Waals surface area contributed by atoms with Crippen molar-refractivity contribution < 1.29 is 4.79 Å². The Morgan fingerprint density at radius 1 is 1.08 bits per heavy atom. The number of carbonyl (C=O) groups excluding carboxylic acids is 1. The molecule has 5 heteroatoms. The zero-order chi connectivity index (χ0) is 17.1. The Kier molecular flexibility index (Phi) is 4.42. The third-order valence-electron chi connectivity index (χ3n) is 3.56. The molecule has 3 aromatic rings. The van der Waals surface area contributed by atoms with Crippen LogP contribution in [0.2, 0.25) is 0 Å². The second-order valence-electron chi connectivity index (χ2n) is 6.09. The summed E-state index contributed by atoms with van der Waals surface area (Å²) in [5, 5.41) is 7.05. The number of amides is 1. The first-order valence-electron chi connectivity index (χ1n) is 7.92. The maximum Gasteiger partial charge on any atom is 0.251 e. The molecule has 0 aliphatic carbocycles. The van der Waals surface area contributed by atoms with Crippen molar-refractivity contribution in [2.24, 2.45) is 0 Å². The molecule has 5 nitrogen and oxygen atoms in total. The fraction of sp³-hybridized carbons (Fsp3) is 0.211. The van der Waals surface area contributed by atoms with E-state index in [0.717, 1.165) is 16.6 Å². The van der Waals surface area contributed by atoms with Crippen molar-refractivity contribution in [3.63, 3.8) is 0 Å². The van der Waals surface area contributed by atoms with Gasteiger partial charge in [-0.2, -0.15) is 0 Å². The van der Waals surface area contributed by atoms with E-state index in [2.05, 4.69) is 26.7 Å². The van der Waals surface area contributed by atoms with Crippen molar-refractivity contribution in [1.82, 2.24) is 15.3 Å². The van der Waals surface area contributed by atoms with Gasteiger partial charge in [0, 0.05) is 28.9 Å². The fourth-order valence-corrected chi connectivity index (χ4v) is 2.39. The molecule has 24 heavy (non-hydrogen) atoms. The highest BCUT2D eigenvalue weighted by Gasteiger charge is 2.07. The summed E-state index contributed by atoms with van der Waals surface area (Å²) in [6.07, 6.45) is 1.81. The molecule has 0 aliphatic rings. The molecule has 0 unspecified atom stereocenters. The number of nitrogens with zero attached hydrogens (tertiary/aromatic N) is 2. The van der Waals surface area contributed by atoms with Crippen molar-refractivity contribution in [3.05, 3.63) is 59.8 Å². The van der Waals surface area contributed by atoms with Crippen molar-refractivity contribution in [1.29, 1.82) is 0 Å². The van der Waals surface area contributed by atoms with E-state index >= 15 is 0 Å². The average Bonchev–Trinajstić information content (AvgIpc) is 2.55. The summed E-state index contributed by atoms with van der Waals surface area (Å²) in [7, 11) is 0. The highest BCUT2D eigenvalue weighted by Crippen LogP contribution is 2.18. The van der Waals surface area contributed by atoms with Gasteiger partial charge in [-0.3, -0.25) is 4.79 Å². The second-order valence-corrected chi connectivity index (χ2v) is 6.09. The Bertz CT molecular complexity index is 872. The summed E-state index contributed by atoms with van der Waals surface area (Å²) >= 11 is 0. The normalized spacial score (nSPS) is 10.8. The molecule has 1 amide bonds. The lowest BCUT2D eigenvalue weighted by molar-refractivity contribution is 0.0943. The van der Waals surface area contributed by atoms with E-state index in [4.69, 9.17) is 0 Å². The molecule has 1 heterocycles. The number of anilines is 2. The molecular formula is C19H20N4O. The largest absolute Gasteiger partial charge is 0.350 e. The highest BCUT2D eigenvalue weighted by molar-refractivity contribution is 5.94. The first-order valence-corrected chi connectivity index (χ1v) is 7.92. The number of carbonyl (C=O) groups is 1. The summed E-state index contributed by atoms with van der Waals surface area (Å²) in [6.45, 7) is 5.92. The predicted octanol–water partition coefficient (Wildman–Crippen LogP) is 3.82. The van der Waals surface area contributed by atoms with E-state index in [0.29, 0.717) is 11.5 Å². The Balaban J connectivity index is 1.76. The minimum Gasteiger partial charge on any atom is -0.350 e. The SMILES string of the molecule is Cc1ccc2nc(Nc3ccc(C(=O)NC(C)C)cc3)ncc2c1. The van der Waals surface area contributed by atoms with Crippen molar-refractivity contribution in [2.75, 3.05) is 5.32 Å². The van der Waals surface area contributed by atoms with Crippen LogP contribution in [0.3, 0.4) is 0 Å². The second kappa shape index (κ2) is 6.66. The molecule has 0 aliphatic heterocycles. The highest BCUT2D eigenvalue weighted by atomic mass is 16.1. The van der Waals surface area contributed by atoms with Gasteiger partial charge in [-0.15, -0.1) is 0 Å². The van der Waals surface area contributed by atoms with Gasteiger partial charge in [-0.25, -0.2) is 9.97 Å². The number of nitrogens with one attached hydrogen (secondary N) is 2. The lowest BCUT2D eigenvalue weighted by atomic mass is 10.2. The Morgan fingerprint density at radius 3 is 2.54 bits per heavy atom. The average molecular weight is 320 g/mol. The third kappa shape index (κ3) is 3.68. The standard InChI is InChI=1S/C19H20N4O/c1-12(2)21-18(24)14-5-7-16(8-6-14)22-19-20-11-15-10-13(3)4-9-17(15)23-19/h4-12H,1-3H3,(H,21,24)(H,20,22,23). The van der Waals surface area contributed by atoms with Crippen LogP contribution in [0.1, 0.15) is 29.8 Å². The van der Waals surface area contributed by atoms with Gasteiger partial charge >= 0.3 is 0 Å². The van der Waals surface area contributed by atoms with Gasteiger partial charge in [0.25, 0.3) is 5.91 Å². The van der Waals surface area contributed by atoms with Gasteiger partial charge in [-0.1, -0.05) is 11.6 Å². The van der Waals surface area contributed by atoms with Crippen LogP contribution < -0.4 is 10.6 Å². The minimum absolute atomic E-state index is 0.0751. The van der Waals surface area contributed by atoms with Crippen LogP contribution in [0.5, 0.6) is 0 Å². The predicted molar refractivity (Wildman–Crippen MR) is 96.6 cm³/mol. The Labute approximate surface area is 141 Å². The van der Waals surface area contributed by atoms with E-state index in [1.807, 2.05) is 51.2 Å². The molecular weight excluding hydrogens is 300 g/mol. The van der Waals surface area contributed by atoms with Crippen LogP contribution in [0, 0.1) is 6.92 Å². The molecule has 2 aromatic carbocycles. The summed E-state index contributed by atoms with van der Waals surface area (Å²) in [5.41, 5.74) is 3.54. The van der Waals surface area contributed by atoms with E-state index in [-0.39, 0.29) is 11.9 Å². The monoisotopic (exact) mass is 320 g/mol. The van der Waals surface area contributed by atoms with Crippen LogP contribution in [-0.4, -0.2) is 21.9 Å². The van der Waals surface area contributed by atoms with Crippen LogP contribution in [-0.2, 0) is 0 Å². The maximum absolute atomic E-state index is 11.9. The smallest absolute Gasteiger partial charge is 0.251 e. The molecule has 0 fully saturated rings. The van der Waals surface area contributed by atoms with Crippen LogP contribution >= 0.6 is 0 Å². The summed E-state index contributed by atoms with van der Waals surface area (Å²) in [5.74, 6) is 0.458. The van der Waals surface area contributed by atoms with E-state index in [1.54, 1.807) is 12.1 Å². The van der Waals surface area contributed by atoms with Crippen molar-refractivity contribution >= 4 is 28.4 Å². The van der Waals surface area contributed by atoms with Gasteiger partial charge < -0.3 is 10.6 Å². The molecule has 0 saturated carbocycles. The number of rotatable bonds is 4.